The first-order valence-electron chi connectivity index (χ1n) is 5.47. The van der Waals surface area contributed by atoms with Crippen molar-refractivity contribution in [2.75, 3.05) is 25.2 Å². The Bertz CT molecular complexity index is 194. The van der Waals surface area contributed by atoms with Crippen LogP contribution in [0.4, 0.5) is 0 Å². The summed E-state index contributed by atoms with van der Waals surface area (Å²) in [6, 6.07) is 2.29. The van der Waals surface area contributed by atoms with Crippen LogP contribution in [0.5, 0.6) is 0 Å². The Kier molecular flexibility index (Phi) is 8.88. The highest BCUT2D eigenvalue weighted by molar-refractivity contribution is 7.99. The minimum atomic E-state index is -0.365. The van der Waals surface area contributed by atoms with Crippen molar-refractivity contribution in [2.45, 2.75) is 38.1 Å². The third-order valence-corrected chi connectivity index (χ3v) is 3.62. The number of aliphatic hydroxyl groups excluding tert-OH is 1. The lowest BCUT2D eigenvalue weighted by Gasteiger charge is -2.20. The van der Waals surface area contributed by atoms with Crippen LogP contribution in [0.15, 0.2) is 0 Å². The zero-order valence-corrected chi connectivity index (χ0v) is 10.6. The van der Waals surface area contributed by atoms with Gasteiger partial charge in [-0.1, -0.05) is 0 Å². The summed E-state index contributed by atoms with van der Waals surface area (Å²) < 4.78 is 0. The second-order valence-corrected chi connectivity index (χ2v) is 5.07. The molecule has 4 heteroatoms. The first kappa shape index (κ1) is 14.8. The molecule has 0 aromatic heterocycles. The molecule has 1 atom stereocenters. The third-order valence-electron chi connectivity index (χ3n) is 2.46. The Morgan fingerprint density at radius 3 is 2.53 bits per heavy atom. The number of nitrogens with one attached hydrogen (secondary N) is 1. The van der Waals surface area contributed by atoms with Gasteiger partial charge >= 0.3 is 0 Å². The van der Waals surface area contributed by atoms with Gasteiger partial charge < -0.3 is 10.4 Å². The van der Waals surface area contributed by atoms with Gasteiger partial charge in [-0.05, 0) is 51.2 Å². The van der Waals surface area contributed by atoms with Gasteiger partial charge in [0.15, 0.2) is 0 Å². The van der Waals surface area contributed by atoms with E-state index in [-0.39, 0.29) is 5.54 Å². The van der Waals surface area contributed by atoms with E-state index in [1.807, 2.05) is 25.7 Å². The summed E-state index contributed by atoms with van der Waals surface area (Å²) in [6.45, 7) is 2.23. The average molecular weight is 230 g/mol. The molecule has 2 N–H and O–H groups in total. The molecule has 0 amide bonds. The number of aliphatic hydroxyl groups is 1. The van der Waals surface area contributed by atoms with Crippen LogP contribution in [0, 0.1) is 11.3 Å². The third kappa shape index (κ3) is 7.66. The highest BCUT2D eigenvalue weighted by Crippen LogP contribution is 2.14. The normalized spacial score (nSPS) is 14.5. The monoisotopic (exact) mass is 230 g/mol. The molecular formula is C11H22N2OS. The smallest absolute Gasteiger partial charge is 0.103 e. The summed E-state index contributed by atoms with van der Waals surface area (Å²) in [7, 11) is 1.83. The van der Waals surface area contributed by atoms with Gasteiger partial charge in [-0.25, -0.2) is 0 Å². The van der Waals surface area contributed by atoms with E-state index in [4.69, 9.17) is 10.4 Å². The fourth-order valence-corrected chi connectivity index (χ4v) is 2.13. The second kappa shape index (κ2) is 9.02. The SMILES string of the molecule is CNC(C)(C#N)CCCCSCCCO. The lowest BCUT2D eigenvalue weighted by atomic mass is 9.97. The van der Waals surface area contributed by atoms with E-state index in [1.54, 1.807) is 0 Å². The fraction of sp³-hybridized carbons (Fsp3) is 0.909. The molecule has 1 unspecified atom stereocenters. The molecular weight excluding hydrogens is 208 g/mol. The van der Waals surface area contributed by atoms with Crippen molar-refractivity contribution < 1.29 is 5.11 Å². The molecule has 0 radical (unpaired) electrons. The van der Waals surface area contributed by atoms with E-state index in [0.29, 0.717) is 6.61 Å². The van der Waals surface area contributed by atoms with Crippen molar-refractivity contribution >= 4 is 11.8 Å². The second-order valence-electron chi connectivity index (χ2n) is 3.84. The topological polar surface area (TPSA) is 56.0 Å². The number of thioether (sulfide) groups is 1. The molecule has 88 valence electrons. The predicted molar refractivity (Wildman–Crippen MR) is 66.0 cm³/mol. The molecule has 0 rings (SSSR count). The van der Waals surface area contributed by atoms with E-state index in [1.165, 1.54) is 0 Å². The van der Waals surface area contributed by atoms with Crippen molar-refractivity contribution in [2.24, 2.45) is 0 Å². The first-order valence-corrected chi connectivity index (χ1v) is 6.63. The Morgan fingerprint density at radius 1 is 1.33 bits per heavy atom. The molecule has 0 aliphatic rings. The van der Waals surface area contributed by atoms with Crippen LogP contribution in [0.2, 0.25) is 0 Å². The van der Waals surface area contributed by atoms with E-state index in [0.717, 1.165) is 37.2 Å². The molecule has 0 aliphatic carbocycles. The summed E-state index contributed by atoms with van der Waals surface area (Å²) in [6.07, 6.45) is 4.02. The molecule has 0 spiro atoms. The first-order chi connectivity index (χ1) is 7.18. The number of nitrogens with zero attached hydrogens (tertiary/aromatic N) is 1. The van der Waals surface area contributed by atoms with Gasteiger partial charge in [0.2, 0.25) is 0 Å². The van der Waals surface area contributed by atoms with Crippen molar-refractivity contribution in [3.05, 3.63) is 0 Å². The Labute approximate surface area is 97.2 Å². The highest BCUT2D eigenvalue weighted by Gasteiger charge is 2.19. The van der Waals surface area contributed by atoms with E-state index in [2.05, 4.69) is 11.4 Å². The summed E-state index contributed by atoms with van der Waals surface area (Å²) in [5, 5.41) is 20.5. The lowest BCUT2D eigenvalue weighted by molar-refractivity contribution is 0.296. The van der Waals surface area contributed by atoms with Crippen LogP contribution >= 0.6 is 11.8 Å². The number of unbranched alkanes of at least 4 members (excludes halogenated alkanes) is 1. The van der Waals surface area contributed by atoms with E-state index in [9.17, 15) is 0 Å². The lowest BCUT2D eigenvalue weighted by Crippen LogP contribution is -2.37. The summed E-state index contributed by atoms with van der Waals surface area (Å²) in [5.41, 5.74) is -0.365. The predicted octanol–water partition coefficient (Wildman–Crippen LogP) is 1.77. The van der Waals surface area contributed by atoms with Crippen molar-refractivity contribution in [3.63, 3.8) is 0 Å². The molecule has 0 aromatic rings. The van der Waals surface area contributed by atoms with Crippen LogP contribution in [-0.2, 0) is 0 Å². The van der Waals surface area contributed by atoms with Gasteiger partial charge in [-0.15, -0.1) is 0 Å². The maximum Gasteiger partial charge on any atom is 0.103 e. The van der Waals surface area contributed by atoms with Gasteiger partial charge in [0.05, 0.1) is 6.07 Å². The Balaban J connectivity index is 3.35. The summed E-state index contributed by atoms with van der Waals surface area (Å²) in [5.74, 6) is 2.17. The number of hydrogen-bond acceptors (Lipinski definition) is 4. The molecule has 0 saturated carbocycles. The maximum atomic E-state index is 8.91. The van der Waals surface area contributed by atoms with Crippen LogP contribution in [-0.4, -0.2) is 35.8 Å². The molecule has 0 fully saturated rings. The fourth-order valence-electron chi connectivity index (χ4n) is 1.19. The average Bonchev–Trinajstić information content (AvgIpc) is 2.27. The number of hydrogen-bond donors (Lipinski definition) is 2. The van der Waals surface area contributed by atoms with Gasteiger partial charge in [0.25, 0.3) is 0 Å². The molecule has 0 heterocycles. The quantitative estimate of drug-likeness (QED) is 0.593. The van der Waals surface area contributed by atoms with Crippen LogP contribution in [0.1, 0.15) is 32.6 Å². The molecule has 0 aliphatic heterocycles. The van der Waals surface area contributed by atoms with Crippen LogP contribution < -0.4 is 5.32 Å². The zero-order chi connectivity index (χ0) is 11.6. The van der Waals surface area contributed by atoms with Gasteiger partial charge in [-0.3, -0.25) is 0 Å². The zero-order valence-electron chi connectivity index (χ0n) is 9.75. The maximum absolute atomic E-state index is 8.91. The molecule has 0 aromatic carbocycles. The van der Waals surface area contributed by atoms with Crippen LogP contribution in [0.3, 0.4) is 0 Å². The highest BCUT2D eigenvalue weighted by atomic mass is 32.2. The minimum Gasteiger partial charge on any atom is -0.396 e. The molecule has 0 saturated heterocycles. The van der Waals surface area contributed by atoms with Crippen molar-refractivity contribution in [1.29, 1.82) is 5.26 Å². The minimum absolute atomic E-state index is 0.291. The van der Waals surface area contributed by atoms with Gasteiger partial charge in [0, 0.05) is 6.61 Å². The van der Waals surface area contributed by atoms with E-state index < -0.39 is 0 Å². The molecule has 0 bridgehead atoms. The van der Waals surface area contributed by atoms with E-state index >= 15 is 0 Å². The molecule has 3 nitrogen and oxygen atoms in total. The molecule has 15 heavy (non-hydrogen) atoms. The summed E-state index contributed by atoms with van der Waals surface area (Å²) in [4.78, 5) is 0. The van der Waals surface area contributed by atoms with Crippen LogP contribution in [0.25, 0.3) is 0 Å². The summed E-state index contributed by atoms with van der Waals surface area (Å²) >= 11 is 1.88. The largest absolute Gasteiger partial charge is 0.396 e. The van der Waals surface area contributed by atoms with Gasteiger partial charge in [0.1, 0.15) is 5.54 Å². The van der Waals surface area contributed by atoms with Crippen molar-refractivity contribution in [3.8, 4) is 6.07 Å². The standard InChI is InChI=1S/C11H22N2OS/c1-11(10-12,13-2)6-3-4-8-15-9-5-7-14/h13-14H,3-9H2,1-2H3. The number of nitriles is 1. The Morgan fingerprint density at radius 2 is 2.00 bits per heavy atom. The number of rotatable bonds is 9. The van der Waals surface area contributed by atoms with Gasteiger partial charge in [-0.2, -0.15) is 17.0 Å². The van der Waals surface area contributed by atoms with Crippen molar-refractivity contribution in [1.82, 2.24) is 5.32 Å². The Hall–Kier alpha value is -0.240.